The van der Waals surface area contributed by atoms with Gasteiger partial charge in [0, 0.05) is 22.6 Å². The first-order valence-corrected chi connectivity index (χ1v) is 7.63. The lowest BCUT2D eigenvalue weighted by atomic mass is 10.1. The van der Waals surface area contributed by atoms with E-state index in [1.165, 1.54) is 5.56 Å². The Hall–Kier alpha value is -1.76. The molecular weight excluding hydrogens is 326 g/mol. The third kappa shape index (κ3) is 4.63. The zero-order chi connectivity index (χ0) is 15.1. The summed E-state index contributed by atoms with van der Waals surface area (Å²) in [5.41, 5.74) is 2.36. The van der Waals surface area contributed by atoms with Crippen molar-refractivity contribution in [3.63, 3.8) is 0 Å². The van der Waals surface area contributed by atoms with Crippen molar-refractivity contribution in [2.75, 3.05) is 6.61 Å². The molecule has 21 heavy (non-hydrogen) atoms. The summed E-state index contributed by atoms with van der Waals surface area (Å²) >= 11 is 3.45. The molecule has 0 unspecified atom stereocenters. The molecule has 108 valence electrons. The van der Waals surface area contributed by atoms with Crippen LogP contribution < -0.4 is 10.1 Å². The molecule has 2 aromatic carbocycles. The summed E-state index contributed by atoms with van der Waals surface area (Å²) in [6.07, 6.45) is 5.24. The van der Waals surface area contributed by atoms with Crippen LogP contribution in [0.5, 0.6) is 5.75 Å². The number of hydrogen-bond donors (Lipinski definition) is 1. The number of ether oxygens (including phenoxy) is 1. The maximum atomic E-state index is 5.56. The normalized spacial score (nSPS) is 11.7. The lowest BCUT2D eigenvalue weighted by molar-refractivity contribution is 0.364. The van der Waals surface area contributed by atoms with Crippen LogP contribution in [0.15, 0.2) is 53.0 Å². The number of para-hydroxylation sites is 1. The fourth-order valence-electron chi connectivity index (χ4n) is 2.04. The second kappa shape index (κ2) is 7.87. The summed E-state index contributed by atoms with van der Waals surface area (Å²) in [5, 5.41) is 3.50. The summed E-state index contributed by atoms with van der Waals surface area (Å²) in [4.78, 5) is 0. The van der Waals surface area contributed by atoms with Crippen LogP contribution in [-0.2, 0) is 6.54 Å². The van der Waals surface area contributed by atoms with Crippen molar-refractivity contribution in [2.45, 2.75) is 19.5 Å². The second-order valence-electron chi connectivity index (χ2n) is 4.75. The van der Waals surface area contributed by atoms with Gasteiger partial charge in [-0.1, -0.05) is 52.2 Å². The third-order valence-electron chi connectivity index (χ3n) is 3.25. The molecule has 0 bridgehead atoms. The van der Waals surface area contributed by atoms with Crippen molar-refractivity contribution in [3.05, 3.63) is 64.1 Å². The van der Waals surface area contributed by atoms with Gasteiger partial charge in [0.15, 0.2) is 0 Å². The van der Waals surface area contributed by atoms with Crippen LogP contribution in [0.25, 0.3) is 0 Å². The summed E-state index contributed by atoms with van der Waals surface area (Å²) in [5.74, 6) is 3.33. The molecule has 0 aliphatic carbocycles. The van der Waals surface area contributed by atoms with E-state index in [1.807, 2.05) is 24.3 Å². The topological polar surface area (TPSA) is 21.3 Å². The highest BCUT2D eigenvalue weighted by molar-refractivity contribution is 9.10. The minimum Gasteiger partial charge on any atom is -0.481 e. The van der Waals surface area contributed by atoms with E-state index in [-0.39, 0.29) is 6.04 Å². The Balaban J connectivity index is 1.99. The summed E-state index contributed by atoms with van der Waals surface area (Å²) in [7, 11) is 0. The van der Waals surface area contributed by atoms with Crippen molar-refractivity contribution in [1.29, 1.82) is 0 Å². The van der Waals surface area contributed by atoms with Gasteiger partial charge in [0.2, 0.25) is 0 Å². The van der Waals surface area contributed by atoms with Gasteiger partial charge in [-0.3, -0.25) is 0 Å². The van der Waals surface area contributed by atoms with Crippen LogP contribution in [0.3, 0.4) is 0 Å². The average Bonchev–Trinajstić information content (AvgIpc) is 2.52. The first kappa shape index (κ1) is 15.6. The summed E-state index contributed by atoms with van der Waals surface area (Å²) < 4.78 is 6.65. The van der Waals surface area contributed by atoms with Crippen molar-refractivity contribution >= 4 is 15.9 Å². The van der Waals surface area contributed by atoms with Gasteiger partial charge >= 0.3 is 0 Å². The lowest BCUT2D eigenvalue weighted by Gasteiger charge is -2.16. The third-order valence-corrected chi connectivity index (χ3v) is 3.78. The van der Waals surface area contributed by atoms with Gasteiger partial charge in [0.05, 0.1) is 0 Å². The maximum Gasteiger partial charge on any atom is 0.148 e. The molecule has 0 radical (unpaired) electrons. The van der Waals surface area contributed by atoms with Crippen molar-refractivity contribution in [3.8, 4) is 18.1 Å². The van der Waals surface area contributed by atoms with E-state index in [9.17, 15) is 0 Å². The minimum absolute atomic E-state index is 0.263. The largest absolute Gasteiger partial charge is 0.481 e. The van der Waals surface area contributed by atoms with E-state index >= 15 is 0 Å². The molecule has 0 aliphatic rings. The number of benzene rings is 2. The van der Waals surface area contributed by atoms with Crippen LogP contribution in [0, 0.1) is 12.3 Å². The molecule has 0 fully saturated rings. The van der Waals surface area contributed by atoms with E-state index < -0.39 is 0 Å². The summed E-state index contributed by atoms with van der Waals surface area (Å²) in [6, 6.07) is 16.5. The Morgan fingerprint density at radius 2 is 1.90 bits per heavy atom. The number of rotatable bonds is 6. The number of terminal acetylenes is 1. The second-order valence-corrected chi connectivity index (χ2v) is 5.67. The van der Waals surface area contributed by atoms with Gasteiger partial charge in [0.25, 0.3) is 0 Å². The fraction of sp³-hybridized carbons (Fsp3) is 0.222. The maximum absolute atomic E-state index is 5.56. The monoisotopic (exact) mass is 343 g/mol. The SMILES string of the molecule is C#CCOc1ccccc1CN[C@H](C)c1ccc(Br)cc1. The van der Waals surface area contributed by atoms with E-state index in [2.05, 4.69) is 58.4 Å². The highest BCUT2D eigenvalue weighted by Gasteiger charge is 2.07. The van der Waals surface area contributed by atoms with Gasteiger partial charge in [-0.15, -0.1) is 6.42 Å². The molecule has 0 heterocycles. The molecule has 0 amide bonds. The van der Waals surface area contributed by atoms with E-state index in [0.29, 0.717) is 6.61 Å². The molecule has 0 saturated heterocycles. The Kier molecular flexibility index (Phi) is 5.86. The molecule has 2 rings (SSSR count). The van der Waals surface area contributed by atoms with E-state index in [1.54, 1.807) is 0 Å². The number of hydrogen-bond acceptors (Lipinski definition) is 2. The zero-order valence-corrected chi connectivity index (χ0v) is 13.6. The van der Waals surface area contributed by atoms with E-state index in [0.717, 1.165) is 22.3 Å². The predicted octanol–water partition coefficient (Wildman–Crippen LogP) is 4.31. The van der Waals surface area contributed by atoms with Crippen molar-refractivity contribution in [2.24, 2.45) is 0 Å². The minimum atomic E-state index is 0.263. The molecule has 0 spiro atoms. The Morgan fingerprint density at radius 3 is 2.62 bits per heavy atom. The van der Waals surface area contributed by atoms with Crippen LogP contribution in [-0.4, -0.2) is 6.61 Å². The number of nitrogens with one attached hydrogen (secondary N) is 1. The predicted molar refractivity (Wildman–Crippen MR) is 90.2 cm³/mol. The first-order chi connectivity index (χ1) is 10.2. The van der Waals surface area contributed by atoms with Gasteiger partial charge in [-0.2, -0.15) is 0 Å². The molecule has 0 aliphatic heterocycles. The van der Waals surface area contributed by atoms with Crippen LogP contribution in [0.1, 0.15) is 24.1 Å². The zero-order valence-electron chi connectivity index (χ0n) is 12.0. The van der Waals surface area contributed by atoms with Crippen LogP contribution >= 0.6 is 15.9 Å². The van der Waals surface area contributed by atoms with Gasteiger partial charge < -0.3 is 10.1 Å². The van der Waals surface area contributed by atoms with E-state index in [4.69, 9.17) is 11.2 Å². The molecule has 1 N–H and O–H groups in total. The quantitative estimate of drug-likeness (QED) is 0.789. The first-order valence-electron chi connectivity index (χ1n) is 6.83. The fourth-order valence-corrected chi connectivity index (χ4v) is 2.31. The Bertz CT molecular complexity index is 616. The van der Waals surface area contributed by atoms with Gasteiger partial charge in [0.1, 0.15) is 12.4 Å². The molecule has 0 aromatic heterocycles. The highest BCUT2D eigenvalue weighted by Crippen LogP contribution is 2.20. The van der Waals surface area contributed by atoms with Crippen molar-refractivity contribution in [1.82, 2.24) is 5.32 Å². The lowest BCUT2D eigenvalue weighted by Crippen LogP contribution is -2.18. The Labute approximate surface area is 134 Å². The smallest absolute Gasteiger partial charge is 0.148 e. The standard InChI is InChI=1S/C18H18BrNO/c1-3-12-21-18-7-5-4-6-16(18)13-20-14(2)15-8-10-17(19)11-9-15/h1,4-11,14,20H,12-13H2,2H3/t14-/m1/s1. The molecule has 0 saturated carbocycles. The van der Waals surface area contributed by atoms with Crippen LogP contribution in [0.2, 0.25) is 0 Å². The van der Waals surface area contributed by atoms with Gasteiger partial charge in [-0.05, 0) is 30.7 Å². The molecule has 2 nitrogen and oxygen atoms in total. The number of halogens is 1. The molecule has 3 heteroatoms. The molecule has 2 aromatic rings. The molecular formula is C18H18BrNO. The van der Waals surface area contributed by atoms with Gasteiger partial charge in [-0.25, -0.2) is 0 Å². The highest BCUT2D eigenvalue weighted by atomic mass is 79.9. The molecule has 1 atom stereocenters. The Morgan fingerprint density at radius 1 is 1.19 bits per heavy atom. The summed E-state index contributed by atoms with van der Waals surface area (Å²) in [6.45, 7) is 3.17. The van der Waals surface area contributed by atoms with Crippen molar-refractivity contribution < 1.29 is 4.74 Å². The van der Waals surface area contributed by atoms with Crippen LogP contribution in [0.4, 0.5) is 0 Å². The average molecular weight is 344 g/mol.